The van der Waals surface area contributed by atoms with Crippen molar-refractivity contribution in [2.45, 2.75) is 6.42 Å². The van der Waals surface area contributed by atoms with Crippen molar-refractivity contribution in [3.8, 4) is 0 Å². The maximum atomic E-state index is 13.4. The summed E-state index contributed by atoms with van der Waals surface area (Å²) in [6.07, 6.45) is 0.215. The number of carboxylic acids is 1. The predicted molar refractivity (Wildman–Crippen MR) is 62.9 cm³/mol. The van der Waals surface area contributed by atoms with Crippen molar-refractivity contribution in [1.82, 2.24) is 5.32 Å². The number of hydrogen-bond donors (Lipinski definition) is 3. The molecule has 0 unspecified atom stereocenters. The Morgan fingerprint density at radius 3 is 2.53 bits per heavy atom. The summed E-state index contributed by atoms with van der Waals surface area (Å²) >= 11 is 0. The summed E-state index contributed by atoms with van der Waals surface area (Å²) in [4.78, 5) is 22.3. The van der Waals surface area contributed by atoms with E-state index in [1.807, 2.05) is 0 Å². The van der Waals surface area contributed by atoms with Crippen LogP contribution in [0.25, 0.3) is 0 Å². The zero-order valence-electron chi connectivity index (χ0n) is 9.87. The first-order chi connectivity index (χ1) is 8.97. The Bertz CT molecular complexity index is 530. The third-order valence-electron chi connectivity index (χ3n) is 2.90. The smallest absolute Gasteiger partial charge is 0.338 e. The lowest BCUT2D eigenvalue weighted by molar-refractivity contribution is -0.117. The lowest BCUT2D eigenvalue weighted by Gasteiger charge is -2.26. The molecule has 2 rings (SSSR count). The molecule has 0 saturated carbocycles. The van der Waals surface area contributed by atoms with Crippen molar-refractivity contribution in [2.75, 3.05) is 18.4 Å². The fraction of sp³-hybridized carbons (Fsp3) is 0.333. The summed E-state index contributed by atoms with van der Waals surface area (Å²) in [5.74, 6) is -3.92. The van der Waals surface area contributed by atoms with Gasteiger partial charge in [-0.2, -0.15) is 0 Å². The molecular weight excluding hydrogens is 258 g/mol. The van der Waals surface area contributed by atoms with Crippen molar-refractivity contribution < 1.29 is 23.5 Å². The van der Waals surface area contributed by atoms with Gasteiger partial charge in [-0.15, -0.1) is 0 Å². The third kappa shape index (κ3) is 3.05. The summed E-state index contributed by atoms with van der Waals surface area (Å²) in [6.45, 7) is 1.44. The average molecular weight is 270 g/mol. The van der Waals surface area contributed by atoms with Crippen LogP contribution in [0, 0.1) is 17.6 Å². The second kappa shape index (κ2) is 5.31. The topological polar surface area (TPSA) is 78.4 Å². The molecule has 1 fully saturated rings. The van der Waals surface area contributed by atoms with Crippen molar-refractivity contribution >= 4 is 17.6 Å². The van der Waals surface area contributed by atoms with Gasteiger partial charge in [0.15, 0.2) is 0 Å². The van der Waals surface area contributed by atoms with Gasteiger partial charge < -0.3 is 15.7 Å². The molecule has 3 N–H and O–H groups in total. The van der Waals surface area contributed by atoms with Crippen LogP contribution in [0.2, 0.25) is 0 Å². The lowest BCUT2D eigenvalue weighted by Crippen LogP contribution is -2.43. The summed E-state index contributed by atoms with van der Waals surface area (Å²) in [5.41, 5.74) is -1.00. The highest BCUT2D eigenvalue weighted by Gasteiger charge is 2.21. The van der Waals surface area contributed by atoms with E-state index in [1.165, 1.54) is 0 Å². The number of aromatic carboxylic acids is 1. The normalized spacial score (nSPS) is 14.8. The zero-order valence-corrected chi connectivity index (χ0v) is 9.87. The third-order valence-corrected chi connectivity index (χ3v) is 2.90. The van der Waals surface area contributed by atoms with Gasteiger partial charge in [-0.05, 0) is 25.1 Å². The molecule has 1 amide bonds. The van der Waals surface area contributed by atoms with E-state index < -0.39 is 29.1 Å². The fourth-order valence-corrected chi connectivity index (χ4v) is 1.76. The first-order valence-corrected chi connectivity index (χ1v) is 5.70. The Balaban J connectivity index is 2.12. The highest BCUT2D eigenvalue weighted by molar-refractivity contribution is 5.94. The molecule has 0 aliphatic carbocycles. The van der Waals surface area contributed by atoms with E-state index in [0.717, 1.165) is 19.2 Å². The molecule has 0 radical (unpaired) electrons. The molecule has 0 spiro atoms. The number of nitrogens with one attached hydrogen (secondary N) is 2. The van der Waals surface area contributed by atoms with Gasteiger partial charge in [-0.1, -0.05) is 0 Å². The predicted octanol–water partition coefficient (Wildman–Crippen LogP) is 1.21. The van der Waals surface area contributed by atoms with Crippen LogP contribution in [0.5, 0.6) is 0 Å². The van der Waals surface area contributed by atoms with E-state index in [4.69, 9.17) is 5.11 Å². The number of amides is 1. The number of rotatable bonds is 4. The van der Waals surface area contributed by atoms with Gasteiger partial charge in [0.05, 0.1) is 11.3 Å². The molecule has 1 saturated heterocycles. The Morgan fingerprint density at radius 1 is 1.32 bits per heavy atom. The molecule has 0 atom stereocenters. The van der Waals surface area contributed by atoms with Gasteiger partial charge in [-0.3, -0.25) is 4.79 Å². The number of carboxylic acid groups (broad SMARTS) is 1. The van der Waals surface area contributed by atoms with Crippen molar-refractivity contribution in [3.05, 3.63) is 29.3 Å². The van der Waals surface area contributed by atoms with Crippen molar-refractivity contribution in [1.29, 1.82) is 0 Å². The molecular formula is C12H12F2N2O3. The van der Waals surface area contributed by atoms with Crippen LogP contribution >= 0.6 is 0 Å². The SMILES string of the molecule is O=C(CC1CNC1)Nc1cc(C(=O)O)c(F)cc1F. The van der Waals surface area contributed by atoms with Crippen molar-refractivity contribution in [2.24, 2.45) is 5.92 Å². The Labute approximate surface area is 107 Å². The number of benzene rings is 1. The number of halogens is 2. The van der Waals surface area contributed by atoms with Crippen LogP contribution in [0.4, 0.5) is 14.5 Å². The first-order valence-electron chi connectivity index (χ1n) is 5.70. The summed E-state index contributed by atoms with van der Waals surface area (Å²) in [5, 5.41) is 14.0. The molecule has 19 heavy (non-hydrogen) atoms. The van der Waals surface area contributed by atoms with Crippen LogP contribution < -0.4 is 10.6 Å². The Kier molecular flexibility index (Phi) is 3.75. The average Bonchev–Trinajstić information content (AvgIpc) is 2.27. The molecule has 102 valence electrons. The molecule has 7 heteroatoms. The quantitative estimate of drug-likeness (QED) is 0.768. The van der Waals surface area contributed by atoms with Crippen LogP contribution in [0.3, 0.4) is 0 Å². The standard InChI is InChI=1S/C12H12F2N2O3/c13-8-3-9(14)10(2-7(8)12(18)19)16-11(17)1-6-4-15-5-6/h2-3,6,15H,1,4-5H2,(H,16,17)(H,18,19). The maximum absolute atomic E-state index is 13.4. The minimum absolute atomic E-state index is 0.197. The molecule has 1 aromatic rings. The van der Waals surface area contributed by atoms with Crippen LogP contribution in [-0.2, 0) is 4.79 Å². The van der Waals surface area contributed by atoms with Crippen LogP contribution in [0.1, 0.15) is 16.8 Å². The van der Waals surface area contributed by atoms with Crippen molar-refractivity contribution in [3.63, 3.8) is 0 Å². The molecule has 0 bridgehead atoms. The second-order valence-corrected chi connectivity index (χ2v) is 4.39. The minimum atomic E-state index is -1.52. The molecule has 1 aromatic carbocycles. The molecule has 1 aliphatic heterocycles. The monoisotopic (exact) mass is 270 g/mol. The molecule has 5 nitrogen and oxygen atoms in total. The van der Waals surface area contributed by atoms with E-state index in [-0.39, 0.29) is 18.0 Å². The van der Waals surface area contributed by atoms with Gasteiger partial charge in [-0.25, -0.2) is 13.6 Å². The number of hydrogen-bond acceptors (Lipinski definition) is 3. The summed E-state index contributed by atoms with van der Waals surface area (Å²) < 4.78 is 26.6. The van der Waals surface area contributed by atoms with Crippen LogP contribution in [0.15, 0.2) is 12.1 Å². The minimum Gasteiger partial charge on any atom is -0.478 e. The highest BCUT2D eigenvalue weighted by atomic mass is 19.1. The number of anilines is 1. The molecule has 1 heterocycles. The van der Waals surface area contributed by atoms with E-state index in [9.17, 15) is 18.4 Å². The van der Waals surface area contributed by atoms with Gasteiger partial charge in [0.2, 0.25) is 5.91 Å². The van der Waals surface area contributed by atoms with Gasteiger partial charge in [0.25, 0.3) is 0 Å². The fourth-order valence-electron chi connectivity index (χ4n) is 1.76. The van der Waals surface area contributed by atoms with E-state index in [1.54, 1.807) is 0 Å². The van der Waals surface area contributed by atoms with E-state index in [0.29, 0.717) is 6.07 Å². The van der Waals surface area contributed by atoms with Gasteiger partial charge in [0.1, 0.15) is 11.6 Å². The molecule has 1 aliphatic rings. The Hall–Kier alpha value is -2.02. The van der Waals surface area contributed by atoms with Gasteiger partial charge in [0, 0.05) is 12.5 Å². The summed E-state index contributed by atoms with van der Waals surface area (Å²) in [6, 6.07) is 1.23. The van der Waals surface area contributed by atoms with Gasteiger partial charge >= 0.3 is 5.97 Å². The largest absolute Gasteiger partial charge is 0.478 e. The maximum Gasteiger partial charge on any atom is 0.338 e. The van der Waals surface area contributed by atoms with E-state index >= 15 is 0 Å². The number of carbonyl (C=O) groups is 2. The highest BCUT2D eigenvalue weighted by Crippen LogP contribution is 2.20. The van der Waals surface area contributed by atoms with E-state index in [2.05, 4.69) is 10.6 Å². The first kappa shape index (κ1) is 13.4. The second-order valence-electron chi connectivity index (χ2n) is 4.39. The number of carbonyl (C=O) groups excluding carboxylic acids is 1. The molecule has 0 aromatic heterocycles. The zero-order chi connectivity index (χ0) is 14.0. The Morgan fingerprint density at radius 2 is 2.00 bits per heavy atom. The van der Waals surface area contributed by atoms with Crippen LogP contribution in [-0.4, -0.2) is 30.1 Å². The summed E-state index contributed by atoms with van der Waals surface area (Å²) in [7, 11) is 0. The lowest BCUT2D eigenvalue weighted by atomic mass is 9.99.